The number of hydrogen-bond donors (Lipinski definition) is 1. The van der Waals surface area contributed by atoms with Crippen LogP contribution < -0.4 is 5.32 Å². The van der Waals surface area contributed by atoms with E-state index >= 15 is 0 Å². The Hall–Kier alpha value is -1.05. The first-order chi connectivity index (χ1) is 8.22. The number of hydrogen-bond acceptors (Lipinski definition) is 6. The van der Waals surface area contributed by atoms with Crippen molar-refractivity contribution in [2.75, 3.05) is 33.3 Å². The van der Waals surface area contributed by atoms with Crippen molar-refractivity contribution in [2.24, 2.45) is 0 Å². The third-order valence-electron chi connectivity index (χ3n) is 2.70. The third-order valence-corrected chi connectivity index (χ3v) is 3.52. The Labute approximate surface area is 104 Å². The summed E-state index contributed by atoms with van der Waals surface area (Å²) < 4.78 is 9.36. The number of ether oxygens (including phenoxy) is 1. The molecule has 1 atom stereocenters. The maximum Gasteiger partial charge on any atom is 0.267 e. The standard InChI is InChI=1S/C10H16N4O2S/c1-7-9(17-13-12-7)10(15)14-3-4-16-8(6-14)5-11-2/h8,11H,3-6H2,1-2H3. The molecule has 6 nitrogen and oxygen atoms in total. The molecule has 0 aromatic carbocycles. The van der Waals surface area contributed by atoms with Crippen LogP contribution in [0.4, 0.5) is 0 Å². The van der Waals surface area contributed by atoms with Crippen molar-refractivity contribution >= 4 is 17.4 Å². The smallest absolute Gasteiger partial charge is 0.267 e. The number of nitrogens with one attached hydrogen (secondary N) is 1. The van der Waals surface area contributed by atoms with Crippen molar-refractivity contribution in [3.8, 4) is 0 Å². The van der Waals surface area contributed by atoms with Crippen LogP contribution in [0.5, 0.6) is 0 Å². The maximum atomic E-state index is 12.2. The summed E-state index contributed by atoms with van der Waals surface area (Å²) in [5, 5.41) is 6.92. The highest BCUT2D eigenvalue weighted by Gasteiger charge is 2.26. The number of aryl methyl sites for hydroxylation is 1. The van der Waals surface area contributed by atoms with Gasteiger partial charge in [0.05, 0.1) is 18.4 Å². The number of rotatable bonds is 3. The predicted molar refractivity (Wildman–Crippen MR) is 64.2 cm³/mol. The van der Waals surface area contributed by atoms with Gasteiger partial charge in [-0.25, -0.2) is 0 Å². The van der Waals surface area contributed by atoms with Crippen LogP contribution >= 0.6 is 11.5 Å². The van der Waals surface area contributed by atoms with Crippen LogP contribution in [0.1, 0.15) is 15.4 Å². The SMILES string of the molecule is CNCC1CN(C(=O)c2snnc2C)CCO1. The molecule has 0 spiro atoms. The third kappa shape index (κ3) is 2.80. The summed E-state index contributed by atoms with van der Waals surface area (Å²) in [5.41, 5.74) is 0.705. The number of nitrogens with zero attached hydrogens (tertiary/aromatic N) is 3. The molecule has 1 aliphatic heterocycles. The molecule has 1 N–H and O–H groups in total. The Kier molecular flexibility index (Phi) is 4.03. The maximum absolute atomic E-state index is 12.2. The van der Waals surface area contributed by atoms with Gasteiger partial charge in [-0.2, -0.15) is 0 Å². The fourth-order valence-electron chi connectivity index (χ4n) is 1.83. The van der Waals surface area contributed by atoms with Crippen LogP contribution in [0.15, 0.2) is 0 Å². The van der Waals surface area contributed by atoms with E-state index in [9.17, 15) is 4.79 Å². The van der Waals surface area contributed by atoms with Gasteiger partial charge >= 0.3 is 0 Å². The molecule has 1 aromatic heterocycles. The molecule has 1 unspecified atom stereocenters. The van der Waals surface area contributed by atoms with Gasteiger partial charge in [-0.1, -0.05) is 4.49 Å². The lowest BCUT2D eigenvalue weighted by molar-refractivity contribution is -0.0194. The first kappa shape index (κ1) is 12.4. The molecule has 0 radical (unpaired) electrons. The van der Waals surface area contributed by atoms with E-state index in [4.69, 9.17) is 4.74 Å². The molecule has 7 heteroatoms. The highest BCUT2D eigenvalue weighted by molar-refractivity contribution is 7.07. The molecule has 1 saturated heterocycles. The molecule has 17 heavy (non-hydrogen) atoms. The fraction of sp³-hybridized carbons (Fsp3) is 0.700. The van der Waals surface area contributed by atoms with E-state index in [0.717, 1.165) is 18.1 Å². The van der Waals surface area contributed by atoms with Crippen molar-refractivity contribution in [1.29, 1.82) is 0 Å². The average Bonchev–Trinajstić information content (AvgIpc) is 2.75. The molecule has 1 aromatic rings. The zero-order valence-corrected chi connectivity index (χ0v) is 10.8. The van der Waals surface area contributed by atoms with Crippen molar-refractivity contribution in [3.05, 3.63) is 10.6 Å². The minimum Gasteiger partial charge on any atom is -0.373 e. The largest absolute Gasteiger partial charge is 0.373 e. The number of carbonyl (C=O) groups is 1. The van der Waals surface area contributed by atoms with Gasteiger partial charge in [0, 0.05) is 19.6 Å². The van der Waals surface area contributed by atoms with Gasteiger partial charge in [0.15, 0.2) is 0 Å². The van der Waals surface area contributed by atoms with E-state index in [1.807, 2.05) is 18.9 Å². The summed E-state index contributed by atoms with van der Waals surface area (Å²) in [4.78, 5) is 14.7. The highest BCUT2D eigenvalue weighted by Crippen LogP contribution is 2.15. The summed E-state index contributed by atoms with van der Waals surface area (Å²) in [6, 6.07) is 0. The van der Waals surface area contributed by atoms with Gasteiger partial charge in [0.2, 0.25) is 0 Å². The predicted octanol–water partition coefficient (Wildman–Crippen LogP) is -0.0931. The quantitative estimate of drug-likeness (QED) is 0.818. The van der Waals surface area contributed by atoms with E-state index in [2.05, 4.69) is 14.9 Å². The summed E-state index contributed by atoms with van der Waals surface area (Å²) in [7, 11) is 1.88. The molecule has 1 amide bonds. The molecule has 94 valence electrons. The van der Waals surface area contributed by atoms with Gasteiger partial charge < -0.3 is 15.0 Å². The Bertz CT molecular complexity index is 393. The van der Waals surface area contributed by atoms with Gasteiger partial charge in [-0.15, -0.1) is 5.10 Å². The Morgan fingerprint density at radius 2 is 2.53 bits per heavy atom. The van der Waals surface area contributed by atoms with Crippen LogP contribution in [0.2, 0.25) is 0 Å². The summed E-state index contributed by atoms with van der Waals surface area (Å²) in [6.45, 7) is 4.41. The van der Waals surface area contributed by atoms with Gasteiger partial charge in [0.25, 0.3) is 5.91 Å². The topological polar surface area (TPSA) is 67.4 Å². The zero-order valence-electron chi connectivity index (χ0n) is 9.97. The van der Waals surface area contributed by atoms with Gasteiger partial charge in [-0.3, -0.25) is 4.79 Å². The number of likely N-dealkylation sites (N-methyl/N-ethyl adjacent to an activating group) is 1. The zero-order chi connectivity index (χ0) is 12.3. The lowest BCUT2D eigenvalue weighted by Gasteiger charge is -2.32. The Morgan fingerprint density at radius 3 is 3.18 bits per heavy atom. The number of morpholine rings is 1. The minimum atomic E-state index is 0.0157. The van der Waals surface area contributed by atoms with Crippen LogP contribution in [-0.4, -0.2) is 59.8 Å². The molecule has 0 aliphatic carbocycles. The number of amides is 1. The van der Waals surface area contributed by atoms with Crippen molar-refractivity contribution in [1.82, 2.24) is 19.8 Å². The first-order valence-electron chi connectivity index (χ1n) is 5.56. The second-order valence-electron chi connectivity index (χ2n) is 3.99. The molecule has 0 saturated carbocycles. The molecule has 2 rings (SSSR count). The lowest BCUT2D eigenvalue weighted by Crippen LogP contribution is -2.48. The van der Waals surface area contributed by atoms with Crippen LogP contribution in [-0.2, 0) is 4.74 Å². The lowest BCUT2D eigenvalue weighted by atomic mass is 10.2. The molecule has 1 aliphatic rings. The summed E-state index contributed by atoms with van der Waals surface area (Å²) >= 11 is 1.16. The van der Waals surface area contributed by atoms with Crippen molar-refractivity contribution in [3.63, 3.8) is 0 Å². The Balaban J connectivity index is 2.02. The first-order valence-corrected chi connectivity index (χ1v) is 6.34. The van der Waals surface area contributed by atoms with Crippen LogP contribution in [0, 0.1) is 6.92 Å². The minimum absolute atomic E-state index is 0.0157. The van der Waals surface area contributed by atoms with E-state index in [1.165, 1.54) is 0 Å². The van der Waals surface area contributed by atoms with Crippen LogP contribution in [0.3, 0.4) is 0 Å². The van der Waals surface area contributed by atoms with Crippen LogP contribution in [0.25, 0.3) is 0 Å². The van der Waals surface area contributed by atoms with Crippen molar-refractivity contribution in [2.45, 2.75) is 13.0 Å². The average molecular weight is 256 g/mol. The Morgan fingerprint density at radius 1 is 1.71 bits per heavy atom. The van der Waals surface area contributed by atoms with Gasteiger partial charge in [-0.05, 0) is 25.5 Å². The van der Waals surface area contributed by atoms with E-state index < -0.39 is 0 Å². The fourth-order valence-corrected chi connectivity index (χ4v) is 2.45. The number of aromatic nitrogens is 2. The molecule has 0 bridgehead atoms. The second kappa shape index (κ2) is 5.52. The van der Waals surface area contributed by atoms with Crippen molar-refractivity contribution < 1.29 is 9.53 Å². The van der Waals surface area contributed by atoms with E-state index in [1.54, 1.807) is 0 Å². The van der Waals surface area contributed by atoms with E-state index in [0.29, 0.717) is 30.3 Å². The van der Waals surface area contributed by atoms with E-state index in [-0.39, 0.29) is 12.0 Å². The molecular weight excluding hydrogens is 240 g/mol. The summed E-state index contributed by atoms with van der Waals surface area (Å²) in [6.07, 6.45) is 0.0684. The summed E-state index contributed by atoms with van der Waals surface area (Å²) in [5.74, 6) is 0.0157. The van der Waals surface area contributed by atoms with Gasteiger partial charge in [0.1, 0.15) is 4.88 Å². The highest BCUT2D eigenvalue weighted by atomic mass is 32.1. The second-order valence-corrected chi connectivity index (χ2v) is 4.74. The molecule has 2 heterocycles. The normalized spacial score (nSPS) is 20.6. The monoisotopic (exact) mass is 256 g/mol. The number of carbonyl (C=O) groups excluding carboxylic acids is 1. The molecule has 1 fully saturated rings. The molecular formula is C10H16N4O2S.